The van der Waals surface area contributed by atoms with Gasteiger partial charge in [-0.3, -0.25) is 4.55 Å². The Balaban J connectivity index is 2.25. The van der Waals surface area contributed by atoms with Gasteiger partial charge in [-0.25, -0.2) is 0 Å². The molecule has 0 radical (unpaired) electrons. The first-order valence-corrected chi connectivity index (χ1v) is 10.6. The largest absolute Gasteiger partial charge is 0.294 e. The second-order valence-electron chi connectivity index (χ2n) is 6.21. The number of rotatable bonds is 12. The van der Waals surface area contributed by atoms with E-state index < -0.39 is 10.1 Å². The molecule has 0 aliphatic rings. The van der Waals surface area contributed by atoms with Gasteiger partial charge in [-0.2, -0.15) is 8.42 Å². The molecule has 0 amide bonds. The van der Waals surface area contributed by atoms with Crippen molar-refractivity contribution >= 4 is 21.7 Å². The molecule has 0 aliphatic carbocycles. The second kappa shape index (κ2) is 11.1. The van der Waals surface area contributed by atoms with Crippen molar-refractivity contribution in [1.82, 2.24) is 0 Å². The minimum absolute atomic E-state index is 0.0578. The fraction of sp³-hybridized carbons (Fsp3) is 0.667. The van der Waals surface area contributed by atoms with Crippen LogP contribution in [0.2, 0.25) is 0 Å². The van der Waals surface area contributed by atoms with E-state index in [1.54, 1.807) is 6.07 Å². The molecule has 0 unspecified atom stereocenters. The molecule has 5 heteroatoms. The third-order valence-electron chi connectivity index (χ3n) is 4.07. The van der Waals surface area contributed by atoms with E-state index in [9.17, 15) is 13.0 Å². The topological polar surface area (TPSA) is 54.4 Å². The maximum Gasteiger partial charge on any atom is 0.294 e. The Morgan fingerprint density at radius 2 is 1.43 bits per heavy atom. The summed E-state index contributed by atoms with van der Waals surface area (Å²) in [5.74, 6) is 0.768. The molecule has 0 atom stereocenters. The standard InChI is InChI=1S/C18H29ClO3S/c1-16-12-13-18(23(20,21)22)17(15-16)11-9-7-5-3-2-4-6-8-10-14-19/h12-13,15H,2-11,14H2,1H3,(H,20,21,22). The van der Waals surface area contributed by atoms with E-state index in [4.69, 9.17) is 11.6 Å². The van der Waals surface area contributed by atoms with Crippen LogP contribution in [0.5, 0.6) is 0 Å². The molecule has 0 spiro atoms. The normalized spacial score (nSPS) is 11.8. The molecule has 1 N–H and O–H groups in total. The molecule has 0 aromatic heterocycles. The van der Waals surface area contributed by atoms with Crippen molar-refractivity contribution in [1.29, 1.82) is 0 Å². The number of aryl methyl sites for hydroxylation is 2. The van der Waals surface area contributed by atoms with Gasteiger partial charge in [0.2, 0.25) is 0 Å². The molecule has 132 valence electrons. The Kier molecular flexibility index (Phi) is 9.84. The average Bonchev–Trinajstić information content (AvgIpc) is 2.48. The monoisotopic (exact) mass is 360 g/mol. The van der Waals surface area contributed by atoms with Gasteiger partial charge < -0.3 is 0 Å². The van der Waals surface area contributed by atoms with E-state index in [-0.39, 0.29) is 4.90 Å². The fourth-order valence-corrected chi connectivity index (χ4v) is 3.72. The first kappa shape index (κ1) is 20.5. The summed E-state index contributed by atoms with van der Waals surface area (Å²) in [4.78, 5) is 0.0578. The SMILES string of the molecule is Cc1ccc(S(=O)(=O)O)c(CCCCCCCCCCCCl)c1. The fourth-order valence-electron chi connectivity index (χ4n) is 2.80. The molecule has 1 aromatic carbocycles. The van der Waals surface area contributed by atoms with Gasteiger partial charge in [-0.1, -0.05) is 62.6 Å². The molecule has 0 saturated carbocycles. The highest BCUT2D eigenvalue weighted by Gasteiger charge is 2.14. The van der Waals surface area contributed by atoms with Crippen molar-refractivity contribution in [3.8, 4) is 0 Å². The first-order valence-electron chi connectivity index (χ1n) is 8.58. The highest BCUT2D eigenvalue weighted by Crippen LogP contribution is 2.20. The molecule has 3 nitrogen and oxygen atoms in total. The minimum Gasteiger partial charge on any atom is -0.282 e. The Labute approximate surface area is 146 Å². The summed E-state index contributed by atoms with van der Waals surface area (Å²) in [5.41, 5.74) is 1.75. The molecule has 0 heterocycles. The van der Waals surface area contributed by atoms with Crippen LogP contribution in [-0.2, 0) is 16.5 Å². The summed E-state index contributed by atoms with van der Waals surface area (Å²) in [6.07, 6.45) is 11.3. The van der Waals surface area contributed by atoms with Gasteiger partial charge in [0, 0.05) is 5.88 Å². The van der Waals surface area contributed by atoms with E-state index in [0.29, 0.717) is 6.42 Å². The molecule has 1 aromatic rings. The third-order valence-corrected chi connectivity index (χ3v) is 5.29. The van der Waals surface area contributed by atoms with Crippen LogP contribution >= 0.6 is 11.6 Å². The molecule has 0 bridgehead atoms. The van der Waals surface area contributed by atoms with Crippen LogP contribution in [0.25, 0.3) is 0 Å². The zero-order chi connectivity index (χ0) is 17.1. The Bertz CT molecular complexity index is 555. The van der Waals surface area contributed by atoms with Gasteiger partial charge in [0.15, 0.2) is 0 Å². The third kappa shape index (κ3) is 8.73. The molecular formula is C18H29ClO3S. The summed E-state index contributed by atoms with van der Waals surface area (Å²) < 4.78 is 32.1. The van der Waals surface area contributed by atoms with Crippen LogP contribution in [0.4, 0.5) is 0 Å². The lowest BCUT2D eigenvalue weighted by Crippen LogP contribution is -2.03. The number of halogens is 1. The quantitative estimate of drug-likeness (QED) is 0.302. The van der Waals surface area contributed by atoms with Gasteiger partial charge in [-0.05, 0) is 37.8 Å². The van der Waals surface area contributed by atoms with Gasteiger partial charge in [0.05, 0.1) is 4.90 Å². The van der Waals surface area contributed by atoms with Crippen molar-refractivity contribution < 1.29 is 13.0 Å². The van der Waals surface area contributed by atoms with Gasteiger partial charge >= 0.3 is 0 Å². The maximum atomic E-state index is 11.4. The highest BCUT2D eigenvalue weighted by molar-refractivity contribution is 7.85. The van der Waals surface area contributed by atoms with Crippen molar-refractivity contribution in [2.75, 3.05) is 5.88 Å². The van der Waals surface area contributed by atoms with Crippen molar-refractivity contribution in [2.45, 2.75) is 76.0 Å². The number of unbranched alkanes of at least 4 members (excludes halogenated alkanes) is 8. The van der Waals surface area contributed by atoms with Crippen LogP contribution in [0.1, 0.15) is 68.9 Å². The smallest absolute Gasteiger partial charge is 0.282 e. The van der Waals surface area contributed by atoms with Crippen LogP contribution in [0, 0.1) is 6.92 Å². The first-order chi connectivity index (χ1) is 10.9. The van der Waals surface area contributed by atoms with Crippen LogP contribution in [0.15, 0.2) is 23.1 Å². The van der Waals surface area contributed by atoms with Crippen LogP contribution < -0.4 is 0 Å². The predicted octanol–water partition coefficient (Wildman–Crippen LogP) is 5.53. The van der Waals surface area contributed by atoms with Crippen molar-refractivity contribution in [3.63, 3.8) is 0 Å². The van der Waals surface area contributed by atoms with E-state index >= 15 is 0 Å². The van der Waals surface area contributed by atoms with Crippen molar-refractivity contribution in [3.05, 3.63) is 29.3 Å². The van der Waals surface area contributed by atoms with E-state index in [0.717, 1.165) is 36.3 Å². The maximum absolute atomic E-state index is 11.4. The summed E-state index contributed by atoms with van der Waals surface area (Å²) in [5, 5.41) is 0. The van der Waals surface area contributed by atoms with E-state index in [1.807, 2.05) is 13.0 Å². The van der Waals surface area contributed by atoms with Crippen molar-refractivity contribution in [2.24, 2.45) is 0 Å². The van der Waals surface area contributed by atoms with E-state index in [1.165, 1.54) is 44.6 Å². The molecule has 23 heavy (non-hydrogen) atoms. The molecule has 0 aliphatic heterocycles. The lowest BCUT2D eigenvalue weighted by Gasteiger charge is -2.08. The summed E-state index contributed by atoms with van der Waals surface area (Å²) in [7, 11) is -4.12. The number of benzene rings is 1. The van der Waals surface area contributed by atoms with Gasteiger partial charge in [0.1, 0.15) is 0 Å². The average molecular weight is 361 g/mol. The van der Waals surface area contributed by atoms with Gasteiger partial charge in [-0.15, -0.1) is 11.6 Å². The zero-order valence-electron chi connectivity index (χ0n) is 14.1. The second-order valence-corrected chi connectivity index (χ2v) is 7.98. The van der Waals surface area contributed by atoms with Gasteiger partial charge in [0.25, 0.3) is 10.1 Å². The lowest BCUT2D eigenvalue weighted by molar-refractivity contribution is 0.481. The molecule has 0 saturated heterocycles. The minimum atomic E-state index is -4.12. The highest BCUT2D eigenvalue weighted by atomic mass is 35.5. The predicted molar refractivity (Wildman–Crippen MR) is 97.0 cm³/mol. The molecular weight excluding hydrogens is 332 g/mol. The van der Waals surface area contributed by atoms with Crippen LogP contribution in [-0.4, -0.2) is 18.9 Å². The number of hydrogen-bond donors (Lipinski definition) is 1. The number of alkyl halides is 1. The lowest BCUT2D eigenvalue weighted by atomic mass is 10.0. The number of hydrogen-bond acceptors (Lipinski definition) is 2. The summed E-state index contributed by atoms with van der Waals surface area (Å²) >= 11 is 5.65. The summed E-state index contributed by atoms with van der Waals surface area (Å²) in [6, 6.07) is 5.08. The zero-order valence-corrected chi connectivity index (χ0v) is 15.6. The van der Waals surface area contributed by atoms with Crippen LogP contribution in [0.3, 0.4) is 0 Å². The molecule has 0 fully saturated rings. The molecule has 1 rings (SSSR count). The van der Waals surface area contributed by atoms with E-state index in [2.05, 4.69) is 0 Å². The summed E-state index contributed by atoms with van der Waals surface area (Å²) in [6.45, 7) is 1.93. The Morgan fingerprint density at radius 3 is 1.96 bits per heavy atom. The Hall–Kier alpha value is -0.580. The Morgan fingerprint density at radius 1 is 0.913 bits per heavy atom.